The molecular weight excluding hydrogens is 282 g/mol. The van der Waals surface area contributed by atoms with Crippen molar-refractivity contribution < 1.29 is 9.53 Å². The normalized spacial score (nSPS) is 14.6. The first-order valence-corrected chi connectivity index (χ1v) is 8.43. The molecule has 0 saturated heterocycles. The molecule has 1 aromatic carbocycles. The van der Waals surface area contributed by atoms with Crippen LogP contribution in [0.3, 0.4) is 0 Å². The van der Waals surface area contributed by atoms with E-state index in [0.29, 0.717) is 5.75 Å². The Kier molecular flexibility index (Phi) is 6.75. The Morgan fingerprint density at radius 2 is 2.05 bits per heavy atom. The molecule has 118 valence electrons. The number of carbonyl (C=O) groups is 1. The van der Waals surface area contributed by atoms with Crippen LogP contribution in [0.5, 0.6) is 0 Å². The topological polar surface area (TPSA) is 52.3 Å². The Balaban J connectivity index is 2.74. The molecule has 3 nitrogen and oxygen atoms in total. The highest BCUT2D eigenvalue weighted by atomic mass is 32.2. The summed E-state index contributed by atoms with van der Waals surface area (Å²) in [5.74, 6) is 0.136. The molecule has 0 aliphatic heterocycles. The van der Waals surface area contributed by atoms with Crippen LogP contribution in [0, 0.1) is 6.92 Å². The molecule has 0 fully saturated rings. The molecule has 0 aromatic heterocycles. The van der Waals surface area contributed by atoms with Crippen LogP contribution in [0.25, 0.3) is 0 Å². The lowest BCUT2D eigenvalue weighted by Crippen LogP contribution is -2.28. The maximum absolute atomic E-state index is 11.9. The summed E-state index contributed by atoms with van der Waals surface area (Å²) >= 11 is 1.57. The van der Waals surface area contributed by atoms with Crippen LogP contribution in [0.15, 0.2) is 24.3 Å². The van der Waals surface area contributed by atoms with Crippen LogP contribution >= 0.6 is 11.8 Å². The highest BCUT2D eigenvalue weighted by Gasteiger charge is 2.22. The minimum absolute atomic E-state index is 0.0271. The zero-order valence-corrected chi connectivity index (χ0v) is 14.5. The van der Waals surface area contributed by atoms with Crippen molar-refractivity contribution in [1.82, 2.24) is 0 Å². The Morgan fingerprint density at radius 3 is 2.57 bits per heavy atom. The van der Waals surface area contributed by atoms with E-state index in [1.807, 2.05) is 26.8 Å². The Bertz CT molecular complexity index is 468. The molecule has 2 unspecified atom stereocenters. The molecule has 0 amide bonds. The third-order valence-electron chi connectivity index (χ3n) is 3.03. The van der Waals surface area contributed by atoms with Gasteiger partial charge >= 0.3 is 5.97 Å². The molecule has 1 aromatic rings. The van der Waals surface area contributed by atoms with Gasteiger partial charge in [0, 0.05) is 11.3 Å². The number of hydrogen-bond acceptors (Lipinski definition) is 4. The first-order valence-electron chi connectivity index (χ1n) is 7.38. The van der Waals surface area contributed by atoms with E-state index in [-0.39, 0.29) is 17.3 Å². The lowest BCUT2D eigenvalue weighted by molar-refractivity contribution is -0.151. The molecule has 0 radical (unpaired) electrons. The summed E-state index contributed by atoms with van der Waals surface area (Å²) in [6.45, 7) is 9.78. The lowest BCUT2D eigenvalue weighted by atomic mass is 10.0. The van der Waals surface area contributed by atoms with Crippen LogP contribution < -0.4 is 5.73 Å². The van der Waals surface area contributed by atoms with Crippen LogP contribution in [0.2, 0.25) is 0 Å². The second kappa shape index (κ2) is 7.85. The maximum atomic E-state index is 11.9. The number of ether oxygens (including phenoxy) is 1. The number of nitrogens with two attached hydrogens (primary N) is 1. The molecule has 0 spiro atoms. The van der Waals surface area contributed by atoms with Crippen molar-refractivity contribution in [1.29, 1.82) is 0 Å². The van der Waals surface area contributed by atoms with Gasteiger partial charge in [-0.3, -0.25) is 4.79 Å². The molecule has 2 N–H and O–H groups in total. The van der Waals surface area contributed by atoms with E-state index in [9.17, 15) is 4.79 Å². The molecule has 0 bridgehead atoms. The third kappa shape index (κ3) is 6.53. The van der Waals surface area contributed by atoms with Gasteiger partial charge in [0.15, 0.2) is 0 Å². The number of thioether (sulfide) groups is 1. The standard InChI is InChI=1S/C17H27NO2S/c1-6-14(18)16(13-9-7-8-12(2)10-13)21-11-15(19)20-17(3,4)5/h7-10,14,16H,6,11,18H2,1-5H3. The zero-order valence-electron chi connectivity index (χ0n) is 13.7. The van der Waals surface area contributed by atoms with Gasteiger partial charge in [0.25, 0.3) is 0 Å². The molecule has 21 heavy (non-hydrogen) atoms. The van der Waals surface area contributed by atoms with E-state index < -0.39 is 5.60 Å². The van der Waals surface area contributed by atoms with Gasteiger partial charge in [-0.15, -0.1) is 11.8 Å². The Morgan fingerprint density at radius 1 is 1.38 bits per heavy atom. The highest BCUT2D eigenvalue weighted by molar-refractivity contribution is 8.00. The fourth-order valence-electron chi connectivity index (χ4n) is 2.06. The van der Waals surface area contributed by atoms with E-state index in [2.05, 4.69) is 32.0 Å². The molecule has 2 atom stereocenters. The fraction of sp³-hybridized carbons (Fsp3) is 0.588. The van der Waals surface area contributed by atoms with E-state index in [1.54, 1.807) is 11.8 Å². The molecule has 1 rings (SSSR count). The van der Waals surface area contributed by atoms with Gasteiger partial charge in [-0.25, -0.2) is 0 Å². The molecule has 0 saturated carbocycles. The van der Waals surface area contributed by atoms with E-state index in [4.69, 9.17) is 10.5 Å². The fourth-order valence-corrected chi connectivity index (χ4v) is 3.21. The average molecular weight is 309 g/mol. The first kappa shape index (κ1) is 18.1. The van der Waals surface area contributed by atoms with Gasteiger partial charge in [0.1, 0.15) is 5.60 Å². The summed E-state index contributed by atoms with van der Waals surface area (Å²) in [6, 6.07) is 8.35. The van der Waals surface area contributed by atoms with Crippen molar-refractivity contribution in [2.24, 2.45) is 5.73 Å². The van der Waals surface area contributed by atoms with Crippen LogP contribution in [-0.4, -0.2) is 23.4 Å². The average Bonchev–Trinajstić information content (AvgIpc) is 2.36. The predicted octanol–water partition coefficient (Wildman–Crippen LogP) is 3.85. The van der Waals surface area contributed by atoms with E-state index in [0.717, 1.165) is 6.42 Å². The summed E-state index contributed by atoms with van der Waals surface area (Å²) in [7, 11) is 0. The van der Waals surface area contributed by atoms with Crippen LogP contribution in [0.4, 0.5) is 0 Å². The summed E-state index contributed by atoms with van der Waals surface area (Å²) in [5, 5.41) is 0.113. The molecule has 0 heterocycles. The lowest BCUT2D eigenvalue weighted by Gasteiger charge is -2.24. The number of esters is 1. The molecule has 0 aliphatic rings. The molecule has 4 heteroatoms. The monoisotopic (exact) mass is 309 g/mol. The molecular formula is C17H27NO2S. The summed E-state index contributed by atoms with van der Waals surface area (Å²) < 4.78 is 5.36. The smallest absolute Gasteiger partial charge is 0.316 e. The number of carbonyl (C=O) groups excluding carboxylic acids is 1. The Hall–Kier alpha value is -1.00. The summed E-state index contributed by atoms with van der Waals surface area (Å²) in [4.78, 5) is 11.9. The van der Waals surface area contributed by atoms with Gasteiger partial charge in [-0.1, -0.05) is 36.8 Å². The van der Waals surface area contributed by atoms with Crippen molar-refractivity contribution >= 4 is 17.7 Å². The number of rotatable bonds is 6. The Labute approximate surface area is 132 Å². The predicted molar refractivity (Wildman–Crippen MR) is 90.5 cm³/mol. The van der Waals surface area contributed by atoms with Gasteiger partial charge in [0.2, 0.25) is 0 Å². The van der Waals surface area contributed by atoms with Crippen molar-refractivity contribution in [3.05, 3.63) is 35.4 Å². The van der Waals surface area contributed by atoms with Crippen molar-refractivity contribution in [3.63, 3.8) is 0 Å². The zero-order chi connectivity index (χ0) is 16.0. The van der Waals surface area contributed by atoms with Crippen molar-refractivity contribution in [3.8, 4) is 0 Å². The van der Waals surface area contributed by atoms with E-state index >= 15 is 0 Å². The number of hydrogen-bond donors (Lipinski definition) is 1. The van der Waals surface area contributed by atoms with Gasteiger partial charge in [-0.2, -0.15) is 0 Å². The van der Waals surface area contributed by atoms with Crippen molar-refractivity contribution in [2.75, 3.05) is 5.75 Å². The minimum atomic E-state index is -0.441. The van der Waals surface area contributed by atoms with Gasteiger partial charge in [-0.05, 0) is 39.7 Å². The largest absolute Gasteiger partial charge is 0.459 e. The van der Waals surface area contributed by atoms with Gasteiger partial charge in [0.05, 0.1) is 5.75 Å². The summed E-state index contributed by atoms with van der Waals surface area (Å²) in [5.41, 5.74) is 8.18. The maximum Gasteiger partial charge on any atom is 0.316 e. The molecule has 0 aliphatic carbocycles. The van der Waals surface area contributed by atoms with Crippen LogP contribution in [-0.2, 0) is 9.53 Å². The second-order valence-corrected chi connectivity index (χ2v) is 7.43. The quantitative estimate of drug-likeness (QED) is 0.811. The SMILES string of the molecule is CCC(N)C(SCC(=O)OC(C)(C)C)c1cccc(C)c1. The van der Waals surface area contributed by atoms with Crippen molar-refractivity contribution in [2.45, 2.75) is 57.9 Å². The van der Waals surface area contributed by atoms with E-state index in [1.165, 1.54) is 11.1 Å². The second-order valence-electron chi connectivity index (χ2n) is 6.30. The third-order valence-corrected chi connectivity index (χ3v) is 4.41. The van der Waals surface area contributed by atoms with Gasteiger partial charge < -0.3 is 10.5 Å². The first-order chi connectivity index (χ1) is 9.73. The number of benzene rings is 1. The van der Waals surface area contributed by atoms with Crippen LogP contribution in [0.1, 0.15) is 50.5 Å². The number of aryl methyl sites for hydroxylation is 1. The minimum Gasteiger partial charge on any atom is -0.459 e. The summed E-state index contributed by atoms with van der Waals surface area (Å²) in [6.07, 6.45) is 0.875. The highest BCUT2D eigenvalue weighted by Crippen LogP contribution is 2.33.